The van der Waals surface area contributed by atoms with E-state index in [0.717, 1.165) is 24.5 Å². The molecule has 0 spiro atoms. The molecule has 2 rings (SSSR count). The van der Waals surface area contributed by atoms with Crippen LogP contribution in [0.1, 0.15) is 24.8 Å². The average Bonchev–Trinajstić information content (AvgIpc) is 2.29. The molecule has 3 nitrogen and oxygen atoms in total. The number of aryl methyl sites for hydroxylation is 1. The number of nitrogens with one attached hydrogen (secondary N) is 1. The van der Waals surface area contributed by atoms with E-state index in [0.29, 0.717) is 6.04 Å². The molecular weight excluding hydrogens is 188 g/mol. The fourth-order valence-corrected chi connectivity index (χ4v) is 1.88. The van der Waals surface area contributed by atoms with Crippen LogP contribution in [-0.2, 0) is 0 Å². The molecular formula is C12H18N2O. The fraction of sp³-hybridized carbons (Fsp3) is 0.583. The Morgan fingerprint density at radius 3 is 3.20 bits per heavy atom. The molecule has 0 aromatic carbocycles. The maximum atomic E-state index is 5.77. The number of nitrogens with zero attached hydrogens (tertiary/aromatic N) is 1. The molecule has 0 aliphatic carbocycles. The zero-order chi connectivity index (χ0) is 10.5. The zero-order valence-electron chi connectivity index (χ0n) is 9.20. The minimum Gasteiger partial charge on any atom is -0.492 e. The Morgan fingerprint density at radius 2 is 2.47 bits per heavy atom. The van der Waals surface area contributed by atoms with Crippen LogP contribution >= 0.6 is 0 Å². The van der Waals surface area contributed by atoms with Gasteiger partial charge in [-0.15, -0.1) is 0 Å². The first kappa shape index (κ1) is 10.4. The molecule has 0 saturated carbocycles. The van der Waals surface area contributed by atoms with Crippen LogP contribution in [0.25, 0.3) is 0 Å². The first-order chi connectivity index (χ1) is 7.36. The molecule has 1 saturated heterocycles. The Bertz CT molecular complexity index is 308. The van der Waals surface area contributed by atoms with Gasteiger partial charge in [0.15, 0.2) is 0 Å². The van der Waals surface area contributed by atoms with E-state index in [4.69, 9.17) is 4.74 Å². The predicted octanol–water partition coefficient (Wildman–Crippen LogP) is 1.91. The highest BCUT2D eigenvalue weighted by molar-refractivity contribution is 5.28. The van der Waals surface area contributed by atoms with Crippen molar-refractivity contribution in [2.45, 2.75) is 32.2 Å². The first-order valence-corrected chi connectivity index (χ1v) is 5.63. The zero-order valence-corrected chi connectivity index (χ0v) is 9.20. The van der Waals surface area contributed by atoms with Crippen LogP contribution in [-0.4, -0.2) is 24.2 Å². The van der Waals surface area contributed by atoms with Gasteiger partial charge < -0.3 is 10.1 Å². The molecule has 1 aromatic rings. The second-order valence-corrected chi connectivity index (χ2v) is 4.10. The number of piperidine rings is 1. The first-order valence-electron chi connectivity index (χ1n) is 5.63. The molecule has 1 aliphatic heterocycles. The Labute approximate surface area is 90.9 Å². The monoisotopic (exact) mass is 206 g/mol. The quantitative estimate of drug-likeness (QED) is 0.820. The van der Waals surface area contributed by atoms with E-state index in [2.05, 4.69) is 10.3 Å². The molecule has 1 aliphatic rings. The third kappa shape index (κ3) is 2.93. The number of pyridine rings is 1. The fourth-order valence-electron chi connectivity index (χ4n) is 1.88. The Kier molecular flexibility index (Phi) is 3.56. The maximum absolute atomic E-state index is 5.77. The molecule has 1 aromatic heterocycles. The summed E-state index contributed by atoms with van der Waals surface area (Å²) in [5.41, 5.74) is 1.10. The highest BCUT2D eigenvalue weighted by Gasteiger charge is 2.13. The molecule has 15 heavy (non-hydrogen) atoms. The van der Waals surface area contributed by atoms with Crippen LogP contribution in [0.2, 0.25) is 0 Å². The van der Waals surface area contributed by atoms with Gasteiger partial charge in [-0.25, -0.2) is 0 Å². The normalized spacial score (nSPS) is 21.3. The van der Waals surface area contributed by atoms with E-state index in [-0.39, 0.29) is 0 Å². The average molecular weight is 206 g/mol. The second kappa shape index (κ2) is 5.12. The molecule has 1 fully saturated rings. The van der Waals surface area contributed by atoms with Crippen molar-refractivity contribution in [3.8, 4) is 5.75 Å². The van der Waals surface area contributed by atoms with E-state index in [9.17, 15) is 0 Å². The van der Waals surface area contributed by atoms with Gasteiger partial charge in [-0.3, -0.25) is 4.98 Å². The lowest BCUT2D eigenvalue weighted by Gasteiger charge is -2.23. The van der Waals surface area contributed by atoms with Gasteiger partial charge in [0, 0.05) is 24.0 Å². The molecule has 82 valence electrons. The van der Waals surface area contributed by atoms with E-state index in [1.165, 1.54) is 19.3 Å². The number of hydrogen-bond acceptors (Lipinski definition) is 3. The summed E-state index contributed by atoms with van der Waals surface area (Å²) in [4.78, 5) is 4.04. The van der Waals surface area contributed by atoms with Crippen LogP contribution in [0.15, 0.2) is 18.5 Å². The van der Waals surface area contributed by atoms with E-state index in [1.54, 1.807) is 6.20 Å². The van der Waals surface area contributed by atoms with E-state index in [1.807, 2.05) is 19.2 Å². The number of ether oxygens (including phenoxy) is 1. The molecule has 1 atom stereocenters. The molecule has 0 radical (unpaired) electrons. The minimum atomic E-state index is 0.520. The smallest absolute Gasteiger partial charge is 0.125 e. The van der Waals surface area contributed by atoms with Crippen LogP contribution in [0, 0.1) is 6.92 Å². The topological polar surface area (TPSA) is 34.1 Å². The van der Waals surface area contributed by atoms with E-state index < -0.39 is 0 Å². The lowest BCUT2D eigenvalue weighted by atomic mass is 10.1. The van der Waals surface area contributed by atoms with Crippen LogP contribution in [0.3, 0.4) is 0 Å². The summed E-state index contributed by atoms with van der Waals surface area (Å²) >= 11 is 0. The molecule has 1 unspecified atom stereocenters. The molecule has 3 heteroatoms. The lowest BCUT2D eigenvalue weighted by Crippen LogP contribution is -2.38. The van der Waals surface area contributed by atoms with Crippen molar-refractivity contribution in [2.75, 3.05) is 13.2 Å². The lowest BCUT2D eigenvalue weighted by molar-refractivity contribution is 0.237. The van der Waals surface area contributed by atoms with Crippen molar-refractivity contribution >= 4 is 0 Å². The van der Waals surface area contributed by atoms with Crippen molar-refractivity contribution < 1.29 is 4.74 Å². The predicted molar refractivity (Wildman–Crippen MR) is 60.1 cm³/mol. The minimum absolute atomic E-state index is 0.520. The summed E-state index contributed by atoms with van der Waals surface area (Å²) in [7, 11) is 0. The number of rotatable bonds is 3. The van der Waals surface area contributed by atoms with Gasteiger partial charge in [0.2, 0.25) is 0 Å². The molecule has 0 bridgehead atoms. The maximum Gasteiger partial charge on any atom is 0.125 e. The van der Waals surface area contributed by atoms with Gasteiger partial charge in [-0.1, -0.05) is 6.42 Å². The van der Waals surface area contributed by atoms with Crippen molar-refractivity contribution in [1.82, 2.24) is 10.3 Å². The Hall–Kier alpha value is -1.09. The van der Waals surface area contributed by atoms with Gasteiger partial charge in [0.25, 0.3) is 0 Å². The third-order valence-corrected chi connectivity index (χ3v) is 2.82. The molecule has 0 amide bonds. The number of hydrogen-bond donors (Lipinski definition) is 1. The van der Waals surface area contributed by atoms with Crippen LogP contribution in [0.5, 0.6) is 5.75 Å². The number of aromatic nitrogens is 1. The van der Waals surface area contributed by atoms with Gasteiger partial charge in [-0.05, 0) is 32.4 Å². The molecule has 2 heterocycles. The van der Waals surface area contributed by atoms with Gasteiger partial charge in [0.05, 0.1) is 0 Å². The third-order valence-electron chi connectivity index (χ3n) is 2.82. The van der Waals surface area contributed by atoms with Crippen molar-refractivity contribution in [1.29, 1.82) is 0 Å². The highest BCUT2D eigenvalue weighted by Crippen LogP contribution is 2.16. The Morgan fingerprint density at radius 1 is 1.53 bits per heavy atom. The van der Waals surface area contributed by atoms with Crippen LogP contribution in [0.4, 0.5) is 0 Å². The van der Waals surface area contributed by atoms with E-state index >= 15 is 0 Å². The van der Waals surface area contributed by atoms with Crippen molar-refractivity contribution in [2.24, 2.45) is 0 Å². The summed E-state index contributed by atoms with van der Waals surface area (Å²) in [5.74, 6) is 0.956. The Balaban J connectivity index is 1.84. The standard InChI is InChI=1S/C12H18N2O/c1-10-8-13-7-5-12(10)15-9-11-4-2-3-6-14-11/h5,7-8,11,14H,2-4,6,9H2,1H3. The highest BCUT2D eigenvalue weighted by atomic mass is 16.5. The summed E-state index contributed by atoms with van der Waals surface area (Å²) in [6.45, 7) is 3.92. The second-order valence-electron chi connectivity index (χ2n) is 4.10. The summed E-state index contributed by atoms with van der Waals surface area (Å²) in [6.07, 6.45) is 7.45. The summed E-state index contributed by atoms with van der Waals surface area (Å²) in [5, 5.41) is 3.47. The van der Waals surface area contributed by atoms with Crippen LogP contribution < -0.4 is 10.1 Å². The van der Waals surface area contributed by atoms with Gasteiger partial charge in [-0.2, -0.15) is 0 Å². The van der Waals surface area contributed by atoms with Crippen molar-refractivity contribution in [3.05, 3.63) is 24.0 Å². The largest absolute Gasteiger partial charge is 0.492 e. The SMILES string of the molecule is Cc1cnccc1OCC1CCCCN1. The summed E-state index contributed by atoms with van der Waals surface area (Å²) < 4.78 is 5.77. The van der Waals surface area contributed by atoms with Crippen molar-refractivity contribution in [3.63, 3.8) is 0 Å². The summed E-state index contributed by atoms with van der Waals surface area (Å²) in [6, 6.07) is 2.45. The molecule has 1 N–H and O–H groups in total. The van der Waals surface area contributed by atoms with Gasteiger partial charge >= 0.3 is 0 Å². The van der Waals surface area contributed by atoms with Gasteiger partial charge in [0.1, 0.15) is 12.4 Å².